The van der Waals surface area contributed by atoms with Gasteiger partial charge in [0.15, 0.2) is 6.61 Å². The van der Waals surface area contributed by atoms with E-state index in [-0.39, 0.29) is 18.2 Å². The van der Waals surface area contributed by atoms with Gasteiger partial charge in [-0.2, -0.15) is 0 Å². The number of aliphatic hydroxyl groups is 1. The number of rotatable bonds is 4. The molecule has 1 heterocycles. The third kappa shape index (κ3) is 3.41. The number of likely N-dealkylation sites (tertiary alicyclic amines) is 1. The first-order valence-electron chi connectivity index (χ1n) is 5.89. The molecule has 0 bridgehead atoms. The van der Waals surface area contributed by atoms with Crippen LogP contribution in [0.25, 0.3) is 0 Å². The number of aliphatic hydroxyl groups excluding tert-OH is 1. The summed E-state index contributed by atoms with van der Waals surface area (Å²) in [6.45, 7) is 0.733. The molecule has 7 heteroatoms. The van der Waals surface area contributed by atoms with Gasteiger partial charge in [-0.15, -0.1) is 0 Å². The Hall–Kier alpha value is -2.15. The van der Waals surface area contributed by atoms with Crippen molar-refractivity contribution in [3.8, 4) is 5.75 Å². The Morgan fingerprint density at radius 3 is 2.68 bits per heavy atom. The Kier molecular flexibility index (Phi) is 3.96. The van der Waals surface area contributed by atoms with E-state index in [4.69, 9.17) is 4.74 Å². The van der Waals surface area contributed by atoms with Crippen molar-refractivity contribution in [3.05, 3.63) is 34.4 Å². The standard InChI is InChI=1S/C12H14N2O5/c15-10-5-6-13(7-10)12(16)8-19-11-3-1-9(2-4-11)14(17)18/h1-4,10,15H,5-8H2. The van der Waals surface area contributed by atoms with Crippen molar-refractivity contribution in [1.29, 1.82) is 0 Å². The van der Waals surface area contributed by atoms with Gasteiger partial charge < -0.3 is 14.7 Å². The van der Waals surface area contributed by atoms with Crippen LogP contribution in [0.5, 0.6) is 5.75 Å². The first-order chi connectivity index (χ1) is 9.06. The quantitative estimate of drug-likeness (QED) is 0.635. The summed E-state index contributed by atoms with van der Waals surface area (Å²) in [5.74, 6) is 0.202. The highest BCUT2D eigenvalue weighted by atomic mass is 16.6. The third-order valence-electron chi connectivity index (χ3n) is 2.93. The van der Waals surface area contributed by atoms with Crippen LogP contribution in [0.4, 0.5) is 5.69 Å². The fraction of sp³-hybridized carbons (Fsp3) is 0.417. The lowest BCUT2D eigenvalue weighted by Gasteiger charge is -2.15. The van der Waals surface area contributed by atoms with E-state index in [0.717, 1.165) is 0 Å². The Morgan fingerprint density at radius 2 is 2.16 bits per heavy atom. The topological polar surface area (TPSA) is 92.9 Å². The summed E-state index contributed by atoms with van der Waals surface area (Å²) in [6, 6.07) is 5.54. The first-order valence-corrected chi connectivity index (χ1v) is 5.89. The van der Waals surface area contributed by atoms with Gasteiger partial charge in [-0.25, -0.2) is 0 Å². The number of hydrogen-bond acceptors (Lipinski definition) is 5. The Morgan fingerprint density at radius 1 is 1.47 bits per heavy atom. The molecule has 1 N–H and O–H groups in total. The van der Waals surface area contributed by atoms with Crippen molar-refractivity contribution in [2.75, 3.05) is 19.7 Å². The van der Waals surface area contributed by atoms with E-state index >= 15 is 0 Å². The zero-order valence-corrected chi connectivity index (χ0v) is 10.2. The molecule has 1 saturated heterocycles. The van der Waals surface area contributed by atoms with Crippen LogP contribution in [0.2, 0.25) is 0 Å². The molecule has 1 aliphatic rings. The van der Waals surface area contributed by atoms with Crippen LogP contribution in [0.15, 0.2) is 24.3 Å². The lowest BCUT2D eigenvalue weighted by atomic mass is 10.3. The predicted octanol–water partition coefficient (Wildman–Crippen LogP) is 0.567. The molecule has 1 unspecified atom stereocenters. The normalized spacial score (nSPS) is 18.4. The van der Waals surface area contributed by atoms with Crippen molar-refractivity contribution in [2.45, 2.75) is 12.5 Å². The van der Waals surface area contributed by atoms with E-state index in [2.05, 4.69) is 0 Å². The first kappa shape index (κ1) is 13.3. The lowest BCUT2D eigenvalue weighted by Crippen LogP contribution is -2.33. The Bertz CT molecular complexity index is 474. The number of amides is 1. The van der Waals surface area contributed by atoms with Crippen LogP contribution < -0.4 is 4.74 Å². The summed E-state index contributed by atoms with van der Waals surface area (Å²) >= 11 is 0. The molecule has 0 aliphatic carbocycles. The zero-order valence-electron chi connectivity index (χ0n) is 10.2. The van der Waals surface area contributed by atoms with Crippen molar-refractivity contribution in [3.63, 3.8) is 0 Å². The van der Waals surface area contributed by atoms with Crippen LogP contribution in [0.1, 0.15) is 6.42 Å². The largest absolute Gasteiger partial charge is 0.484 e. The number of hydrogen-bond donors (Lipinski definition) is 1. The number of carbonyl (C=O) groups is 1. The van der Waals surface area contributed by atoms with E-state index in [9.17, 15) is 20.0 Å². The zero-order chi connectivity index (χ0) is 13.8. The number of nitro groups is 1. The molecule has 19 heavy (non-hydrogen) atoms. The van der Waals surface area contributed by atoms with Crippen LogP contribution in [-0.2, 0) is 4.79 Å². The number of nitrogens with zero attached hydrogens (tertiary/aromatic N) is 2. The fourth-order valence-electron chi connectivity index (χ4n) is 1.87. The maximum absolute atomic E-state index is 11.7. The van der Waals surface area contributed by atoms with Gasteiger partial charge in [-0.3, -0.25) is 14.9 Å². The highest BCUT2D eigenvalue weighted by molar-refractivity contribution is 5.78. The minimum Gasteiger partial charge on any atom is -0.484 e. The molecule has 1 aromatic rings. The van der Waals surface area contributed by atoms with Crippen molar-refractivity contribution < 1.29 is 19.6 Å². The van der Waals surface area contributed by atoms with Gasteiger partial charge in [0.2, 0.25) is 0 Å². The molecular weight excluding hydrogens is 252 g/mol. The Balaban J connectivity index is 1.85. The van der Waals surface area contributed by atoms with E-state index in [1.165, 1.54) is 29.2 Å². The monoisotopic (exact) mass is 266 g/mol. The summed E-state index contributed by atoms with van der Waals surface area (Å²) < 4.78 is 5.25. The minimum atomic E-state index is -0.499. The molecule has 1 atom stereocenters. The van der Waals surface area contributed by atoms with Gasteiger partial charge in [0, 0.05) is 25.2 Å². The van der Waals surface area contributed by atoms with Crippen molar-refractivity contribution in [2.24, 2.45) is 0 Å². The molecule has 0 saturated carbocycles. The molecule has 0 aromatic heterocycles. The van der Waals surface area contributed by atoms with E-state index in [0.29, 0.717) is 25.3 Å². The highest BCUT2D eigenvalue weighted by Crippen LogP contribution is 2.17. The number of ether oxygens (including phenoxy) is 1. The van der Waals surface area contributed by atoms with E-state index in [1.54, 1.807) is 0 Å². The van der Waals surface area contributed by atoms with Gasteiger partial charge in [-0.1, -0.05) is 0 Å². The van der Waals surface area contributed by atoms with Crippen LogP contribution in [0, 0.1) is 10.1 Å². The molecule has 2 rings (SSSR count). The van der Waals surface area contributed by atoms with Crippen LogP contribution in [-0.4, -0.2) is 46.6 Å². The number of benzene rings is 1. The maximum Gasteiger partial charge on any atom is 0.269 e. The maximum atomic E-state index is 11.7. The van der Waals surface area contributed by atoms with Crippen LogP contribution >= 0.6 is 0 Å². The average molecular weight is 266 g/mol. The summed E-state index contributed by atoms with van der Waals surface area (Å²) in [4.78, 5) is 23.2. The van der Waals surface area contributed by atoms with E-state index < -0.39 is 11.0 Å². The second-order valence-electron chi connectivity index (χ2n) is 4.32. The molecule has 1 aromatic carbocycles. The minimum absolute atomic E-state index is 0.0265. The molecule has 0 spiro atoms. The highest BCUT2D eigenvalue weighted by Gasteiger charge is 2.24. The number of carbonyl (C=O) groups excluding carboxylic acids is 1. The Labute approximate surface area is 109 Å². The van der Waals surface area contributed by atoms with Crippen molar-refractivity contribution in [1.82, 2.24) is 4.90 Å². The molecule has 7 nitrogen and oxygen atoms in total. The SMILES string of the molecule is O=C(COc1ccc([N+](=O)[O-])cc1)N1CCC(O)C1. The number of non-ortho nitro benzene ring substituents is 1. The number of β-amino-alcohol motifs (C(OH)–C–C–N with tert-alkyl or cyclic N) is 1. The second kappa shape index (κ2) is 5.66. The van der Waals surface area contributed by atoms with Gasteiger partial charge in [0.25, 0.3) is 11.6 Å². The molecule has 102 valence electrons. The average Bonchev–Trinajstić information content (AvgIpc) is 2.83. The molecule has 1 fully saturated rings. The van der Waals surface area contributed by atoms with E-state index in [1.807, 2.05) is 0 Å². The lowest BCUT2D eigenvalue weighted by molar-refractivity contribution is -0.384. The third-order valence-corrected chi connectivity index (χ3v) is 2.93. The molecule has 1 aliphatic heterocycles. The second-order valence-corrected chi connectivity index (χ2v) is 4.32. The molecular formula is C12H14N2O5. The summed E-state index contributed by atoms with van der Waals surface area (Å²) in [7, 11) is 0. The smallest absolute Gasteiger partial charge is 0.269 e. The summed E-state index contributed by atoms with van der Waals surface area (Å²) in [5, 5.41) is 19.8. The van der Waals surface area contributed by atoms with Gasteiger partial charge >= 0.3 is 0 Å². The van der Waals surface area contributed by atoms with Crippen LogP contribution in [0.3, 0.4) is 0 Å². The molecule has 1 amide bonds. The predicted molar refractivity (Wildman–Crippen MR) is 65.8 cm³/mol. The number of nitro benzene ring substituents is 1. The van der Waals surface area contributed by atoms with Gasteiger partial charge in [-0.05, 0) is 18.6 Å². The van der Waals surface area contributed by atoms with Gasteiger partial charge in [0.05, 0.1) is 11.0 Å². The fourth-order valence-corrected chi connectivity index (χ4v) is 1.87. The van der Waals surface area contributed by atoms with Crippen molar-refractivity contribution >= 4 is 11.6 Å². The summed E-state index contributed by atoms with van der Waals surface area (Å²) in [5.41, 5.74) is -0.0265. The molecule has 0 radical (unpaired) electrons. The van der Waals surface area contributed by atoms with Gasteiger partial charge in [0.1, 0.15) is 5.75 Å². The summed E-state index contributed by atoms with van der Waals surface area (Å²) in [6.07, 6.45) is 0.131.